The summed E-state index contributed by atoms with van der Waals surface area (Å²) in [6.07, 6.45) is 4.11. The Bertz CT molecular complexity index is 236. The molecule has 0 aliphatic carbocycles. The van der Waals surface area contributed by atoms with Crippen molar-refractivity contribution in [3.05, 3.63) is 30.6 Å². The molecule has 1 heterocycles. The second-order valence-electron chi connectivity index (χ2n) is 2.40. The molecule has 0 aliphatic rings. The number of carbonyl (C=O) groups excluding carboxylic acids is 1. The van der Waals surface area contributed by atoms with Crippen molar-refractivity contribution in [2.45, 2.75) is 56.5 Å². The number of hydrogen-bond acceptors (Lipinski definition) is 2. The topological polar surface area (TPSA) is 30.2 Å². The highest BCUT2D eigenvalue weighted by molar-refractivity contribution is 5.65. The number of carbonyl (C=O) groups is 1. The normalized spacial score (nSPS) is 6.28. The van der Waals surface area contributed by atoms with E-state index in [0.717, 1.165) is 6.54 Å². The van der Waals surface area contributed by atoms with E-state index in [1.165, 1.54) is 14.0 Å². The summed E-state index contributed by atoms with van der Waals surface area (Å²) in [5.41, 5.74) is 0. The van der Waals surface area contributed by atoms with Crippen molar-refractivity contribution in [1.29, 1.82) is 0 Å². The monoisotopic (exact) mass is 260 g/mol. The number of aryl methyl sites for hydroxylation is 1. The van der Waals surface area contributed by atoms with Crippen molar-refractivity contribution in [2.24, 2.45) is 0 Å². The van der Waals surface area contributed by atoms with Gasteiger partial charge in [-0.2, -0.15) is 0 Å². The summed E-state index contributed by atoms with van der Waals surface area (Å²) in [4.78, 5) is 9.59. The van der Waals surface area contributed by atoms with Crippen molar-refractivity contribution < 1.29 is 14.1 Å². The minimum atomic E-state index is -0.245. The van der Waals surface area contributed by atoms with E-state index in [2.05, 4.69) is 28.6 Å². The molecule has 1 aromatic rings. The molecule has 18 heavy (non-hydrogen) atoms. The molecule has 0 saturated carbocycles. The van der Waals surface area contributed by atoms with Crippen LogP contribution in [-0.4, -0.2) is 13.1 Å². The maximum absolute atomic E-state index is 9.59. The number of esters is 1. The molecular weight excluding hydrogens is 226 g/mol. The molecule has 0 fully saturated rings. The number of nitrogens with zero attached hydrogens (tertiary/aromatic N) is 1. The molecule has 0 unspecified atom stereocenters. The van der Waals surface area contributed by atoms with Gasteiger partial charge in [0.15, 0.2) is 12.4 Å². The van der Waals surface area contributed by atoms with Crippen molar-refractivity contribution >= 4 is 5.97 Å². The summed E-state index contributed by atoms with van der Waals surface area (Å²) in [7, 11) is 1.35. The van der Waals surface area contributed by atoms with Gasteiger partial charge in [0.25, 0.3) is 0 Å². The van der Waals surface area contributed by atoms with Crippen LogP contribution in [0.1, 0.15) is 50.0 Å². The third-order valence-electron chi connectivity index (χ3n) is 1.43. The fourth-order valence-electron chi connectivity index (χ4n) is 0.645. The molecule has 0 N–H and O–H groups in total. The Balaban J connectivity index is -0.0000000507. The highest BCUT2D eigenvalue weighted by atomic mass is 16.5. The van der Waals surface area contributed by atoms with Crippen molar-refractivity contribution in [2.75, 3.05) is 7.11 Å². The van der Waals surface area contributed by atoms with Gasteiger partial charge in [-0.25, -0.2) is 4.57 Å². The molecule has 0 aliphatic heterocycles. The molecule has 0 amide bonds. The molecule has 0 saturated heterocycles. The highest BCUT2D eigenvalue weighted by Gasteiger charge is 1.86. The first-order valence-electron chi connectivity index (χ1n) is 5.19. The standard InChI is InChI=1S/C7H10N.C3H6O2.C2H6.3CH4/c1-2-8-6-4-3-5-7-8;1-3(4)5-2;1-2;;;/h3-7H,2H2,1H3;1-2H3;1-2H3;3*1H4/q+1;;;;;. The predicted octanol–water partition coefficient (Wildman–Crippen LogP) is 4.11. The number of hydrogen-bond donors (Lipinski definition) is 0. The summed E-state index contributed by atoms with van der Waals surface area (Å²) < 4.78 is 6.24. The quantitative estimate of drug-likeness (QED) is 0.562. The third kappa shape index (κ3) is 24.0. The Labute approximate surface area is 115 Å². The fraction of sp³-hybridized carbons (Fsp3) is 0.600. The van der Waals surface area contributed by atoms with Gasteiger partial charge < -0.3 is 4.74 Å². The van der Waals surface area contributed by atoms with Gasteiger partial charge in [-0.15, -0.1) is 0 Å². The van der Waals surface area contributed by atoms with Crippen LogP contribution in [0.15, 0.2) is 30.6 Å². The van der Waals surface area contributed by atoms with Crippen LogP contribution >= 0.6 is 0 Å². The van der Waals surface area contributed by atoms with Crippen LogP contribution in [0, 0.1) is 0 Å². The van der Waals surface area contributed by atoms with Crippen LogP contribution in [-0.2, 0) is 16.1 Å². The van der Waals surface area contributed by atoms with Crippen LogP contribution in [0.5, 0.6) is 0 Å². The number of rotatable bonds is 1. The smallest absolute Gasteiger partial charge is 0.302 e. The molecule has 3 nitrogen and oxygen atoms in total. The second kappa shape index (κ2) is 24.7. The van der Waals surface area contributed by atoms with Gasteiger partial charge in [0, 0.05) is 19.1 Å². The van der Waals surface area contributed by atoms with E-state index in [0.29, 0.717) is 0 Å². The van der Waals surface area contributed by atoms with Gasteiger partial charge in [0.1, 0.15) is 6.54 Å². The molecule has 3 heteroatoms. The van der Waals surface area contributed by atoms with Gasteiger partial charge in [-0.3, -0.25) is 4.79 Å². The Morgan fingerprint density at radius 1 is 1.06 bits per heavy atom. The van der Waals surface area contributed by atoms with Gasteiger partial charge in [0.05, 0.1) is 7.11 Å². The van der Waals surface area contributed by atoms with E-state index in [1.54, 1.807) is 0 Å². The lowest BCUT2D eigenvalue weighted by molar-refractivity contribution is -0.693. The van der Waals surface area contributed by atoms with E-state index in [4.69, 9.17) is 0 Å². The summed E-state index contributed by atoms with van der Waals surface area (Å²) in [5.74, 6) is -0.245. The zero-order valence-corrected chi connectivity index (χ0v) is 10.4. The highest BCUT2D eigenvalue weighted by Crippen LogP contribution is 1.74. The van der Waals surface area contributed by atoms with Crippen LogP contribution < -0.4 is 4.57 Å². The summed E-state index contributed by atoms with van der Waals surface area (Å²) in [6, 6.07) is 6.08. The zero-order chi connectivity index (χ0) is 12.1. The Kier molecular flexibility index (Phi) is 41.3. The van der Waals surface area contributed by atoms with Crippen LogP contribution in [0.3, 0.4) is 0 Å². The first kappa shape index (κ1) is 30.0. The molecule has 1 aromatic heterocycles. The summed E-state index contributed by atoms with van der Waals surface area (Å²) in [6.45, 7) is 8.54. The molecule has 110 valence electrons. The first-order valence-corrected chi connectivity index (χ1v) is 5.19. The first-order chi connectivity index (χ1) is 7.20. The summed E-state index contributed by atoms with van der Waals surface area (Å²) >= 11 is 0. The number of aromatic nitrogens is 1. The Morgan fingerprint density at radius 2 is 1.39 bits per heavy atom. The SMILES string of the molecule is C.C.C.CC.CC[n+]1ccccc1.COC(C)=O. The number of methoxy groups -OCH3 is 1. The van der Waals surface area contributed by atoms with E-state index in [1.807, 2.05) is 32.0 Å². The van der Waals surface area contributed by atoms with Gasteiger partial charge in [0.2, 0.25) is 0 Å². The maximum atomic E-state index is 9.59. The lowest BCUT2D eigenvalue weighted by atomic mass is 10.5. The maximum Gasteiger partial charge on any atom is 0.302 e. The van der Waals surface area contributed by atoms with Crippen molar-refractivity contribution in [3.8, 4) is 0 Å². The van der Waals surface area contributed by atoms with E-state index >= 15 is 0 Å². The lowest BCUT2D eigenvalue weighted by Crippen LogP contribution is -2.30. The van der Waals surface area contributed by atoms with Crippen molar-refractivity contribution in [1.82, 2.24) is 0 Å². The minimum absolute atomic E-state index is 0. The molecule has 0 radical (unpaired) electrons. The third-order valence-corrected chi connectivity index (χ3v) is 1.43. The zero-order valence-electron chi connectivity index (χ0n) is 10.4. The minimum Gasteiger partial charge on any atom is -0.469 e. The van der Waals surface area contributed by atoms with E-state index in [-0.39, 0.29) is 28.2 Å². The molecule has 0 atom stereocenters. The number of pyridine rings is 1. The summed E-state index contributed by atoms with van der Waals surface area (Å²) in [5, 5.41) is 0. The van der Waals surface area contributed by atoms with Crippen LogP contribution in [0.2, 0.25) is 0 Å². The predicted molar refractivity (Wildman–Crippen MR) is 81.5 cm³/mol. The lowest BCUT2D eigenvalue weighted by Gasteiger charge is -1.84. The Hall–Kier alpha value is -1.38. The van der Waals surface area contributed by atoms with Gasteiger partial charge >= 0.3 is 5.97 Å². The molecule has 1 rings (SSSR count). The molecule has 0 bridgehead atoms. The van der Waals surface area contributed by atoms with Crippen LogP contribution in [0.4, 0.5) is 0 Å². The Morgan fingerprint density at radius 3 is 1.56 bits per heavy atom. The average molecular weight is 260 g/mol. The molecule has 0 aromatic carbocycles. The van der Waals surface area contributed by atoms with Gasteiger partial charge in [-0.05, 0) is 6.92 Å². The average Bonchev–Trinajstić information content (AvgIpc) is 2.33. The van der Waals surface area contributed by atoms with E-state index < -0.39 is 0 Å². The van der Waals surface area contributed by atoms with Crippen molar-refractivity contribution in [3.63, 3.8) is 0 Å². The number of ether oxygens (including phenoxy) is 1. The molecular formula is C15H34NO2+. The second-order valence-corrected chi connectivity index (χ2v) is 2.40. The van der Waals surface area contributed by atoms with E-state index in [9.17, 15) is 4.79 Å². The molecule has 0 spiro atoms. The van der Waals surface area contributed by atoms with Crippen LogP contribution in [0.25, 0.3) is 0 Å². The van der Waals surface area contributed by atoms with Gasteiger partial charge in [-0.1, -0.05) is 42.2 Å². The fourth-order valence-corrected chi connectivity index (χ4v) is 0.645. The largest absolute Gasteiger partial charge is 0.469 e.